The van der Waals surface area contributed by atoms with E-state index in [0.717, 1.165) is 12.8 Å². The Hall–Kier alpha value is -0.990. The summed E-state index contributed by atoms with van der Waals surface area (Å²) in [6, 6.07) is 0.0197. The molecule has 3 nitrogen and oxygen atoms in total. The van der Waals surface area contributed by atoms with E-state index in [4.69, 9.17) is 5.11 Å². The van der Waals surface area contributed by atoms with Crippen molar-refractivity contribution in [2.75, 3.05) is 6.54 Å². The molecule has 1 saturated heterocycles. The first-order chi connectivity index (χ1) is 5.65. The normalized spacial score (nSPS) is 29.9. The summed E-state index contributed by atoms with van der Waals surface area (Å²) in [5.41, 5.74) is 0. The van der Waals surface area contributed by atoms with Crippen LogP contribution < -0.4 is 0 Å². The first-order valence-corrected chi connectivity index (χ1v) is 4.27. The molecule has 3 heteroatoms. The molecule has 2 atom stereocenters. The van der Waals surface area contributed by atoms with Gasteiger partial charge in [-0.25, -0.2) is 4.79 Å². The zero-order valence-corrected chi connectivity index (χ0v) is 7.36. The Labute approximate surface area is 72.7 Å². The summed E-state index contributed by atoms with van der Waals surface area (Å²) in [5, 5.41) is 8.80. The monoisotopic (exact) mass is 169 g/mol. The van der Waals surface area contributed by atoms with E-state index in [9.17, 15) is 4.79 Å². The second kappa shape index (κ2) is 3.61. The Morgan fingerprint density at radius 3 is 2.92 bits per heavy atom. The zero-order valence-electron chi connectivity index (χ0n) is 7.36. The van der Waals surface area contributed by atoms with Crippen molar-refractivity contribution in [2.45, 2.75) is 25.8 Å². The van der Waals surface area contributed by atoms with Crippen molar-refractivity contribution in [3.05, 3.63) is 12.7 Å². The van der Waals surface area contributed by atoms with Gasteiger partial charge in [-0.15, -0.1) is 6.58 Å². The molecule has 0 saturated carbocycles. The molecule has 0 radical (unpaired) electrons. The van der Waals surface area contributed by atoms with Crippen molar-refractivity contribution in [2.24, 2.45) is 5.92 Å². The van der Waals surface area contributed by atoms with Gasteiger partial charge in [0, 0.05) is 6.54 Å². The fourth-order valence-corrected chi connectivity index (χ4v) is 1.64. The predicted octanol–water partition coefficient (Wildman–Crippen LogP) is 1.95. The lowest BCUT2D eigenvalue weighted by atomic mass is 9.93. The largest absolute Gasteiger partial charge is 0.465 e. The molecule has 0 aromatic heterocycles. The molecule has 1 fully saturated rings. The highest BCUT2D eigenvalue weighted by molar-refractivity contribution is 5.65. The van der Waals surface area contributed by atoms with Gasteiger partial charge in [0.1, 0.15) is 0 Å². The van der Waals surface area contributed by atoms with Crippen molar-refractivity contribution in [1.82, 2.24) is 4.90 Å². The molecule has 68 valence electrons. The number of hydrogen-bond acceptors (Lipinski definition) is 1. The standard InChI is InChI=1S/C9H15NO2/c1-3-8-6-7(2)4-5-10(8)9(11)12/h3,7-8H,1,4-6H2,2H3,(H,11,12)/t7-,8+/m1/s1. The molecule has 0 unspecified atom stereocenters. The number of likely N-dealkylation sites (tertiary alicyclic amines) is 1. The minimum absolute atomic E-state index is 0.0197. The number of piperidine rings is 1. The second-order valence-electron chi connectivity index (χ2n) is 3.41. The van der Waals surface area contributed by atoms with Gasteiger partial charge in [0.25, 0.3) is 0 Å². The summed E-state index contributed by atoms with van der Waals surface area (Å²) < 4.78 is 0. The Kier molecular flexibility index (Phi) is 2.74. The van der Waals surface area contributed by atoms with E-state index >= 15 is 0 Å². The van der Waals surface area contributed by atoms with Gasteiger partial charge in [0.2, 0.25) is 0 Å². The first kappa shape index (κ1) is 9.10. The van der Waals surface area contributed by atoms with Crippen LogP contribution in [0, 0.1) is 5.92 Å². The summed E-state index contributed by atoms with van der Waals surface area (Å²) in [7, 11) is 0. The quantitative estimate of drug-likeness (QED) is 0.609. The number of hydrogen-bond donors (Lipinski definition) is 1. The minimum atomic E-state index is -0.827. The maximum atomic E-state index is 10.7. The molecule has 0 aromatic carbocycles. The van der Waals surface area contributed by atoms with Crippen molar-refractivity contribution in [1.29, 1.82) is 0 Å². The Morgan fingerprint density at radius 2 is 2.42 bits per heavy atom. The van der Waals surface area contributed by atoms with Gasteiger partial charge >= 0.3 is 6.09 Å². The summed E-state index contributed by atoms with van der Waals surface area (Å²) in [5.74, 6) is 0.614. The van der Waals surface area contributed by atoms with E-state index in [1.54, 1.807) is 6.08 Å². The maximum Gasteiger partial charge on any atom is 0.407 e. The Morgan fingerprint density at radius 1 is 1.75 bits per heavy atom. The number of rotatable bonds is 1. The van der Waals surface area contributed by atoms with Crippen LogP contribution in [0.3, 0.4) is 0 Å². The zero-order chi connectivity index (χ0) is 9.14. The van der Waals surface area contributed by atoms with Crippen molar-refractivity contribution in [3.8, 4) is 0 Å². The molecule has 0 aliphatic carbocycles. The molecular formula is C9H15NO2. The topological polar surface area (TPSA) is 40.5 Å². The highest BCUT2D eigenvalue weighted by atomic mass is 16.4. The molecule has 1 amide bonds. The van der Waals surface area contributed by atoms with E-state index < -0.39 is 6.09 Å². The third-order valence-corrected chi connectivity index (χ3v) is 2.42. The SMILES string of the molecule is C=C[C@H]1C[C@H](C)CCN1C(=O)O. The maximum absolute atomic E-state index is 10.7. The minimum Gasteiger partial charge on any atom is -0.465 e. The molecule has 12 heavy (non-hydrogen) atoms. The van der Waals surface area contributed by atoms with E-state index in [1.165, 1.54) is 4.90 Å². The van der Waals surface area contributed by atoms with Crippen molar-refractivity contribution >= 4 is 6.09 Å². The summed E-state index contributed by atoms with van der Waals surface area (Å²) in [6.45, 7) is 6.44. The lowest BCUT2D eigenvalue weighted by Gasteiger charge is -2.34. The molecule has 0 bridgehead atoms. The Bertz CT molecular complexity index is 191. The molecule has 0 aromatic rings. The third-order valence-electron chi connectivity index (χ3n) is 2.42. The van der Waals surface area contributed by atoms with Crippen LogP contribution in [-0.2, 0) is 0 Å². The number of amides is 1. The van der Waals surface area contributed by atoms with Gasteiger partial charge in [-0.1, -0.05) is 13.0 Å². The van der Waals surface area contributed by atoms with Crippen LogP contribution in [-0.4, -0.2) is 28.7 Å². The molecule has 1 aliphatic heterocycles. The first-order valence-electron chi connectivity index (χ1n) is 4.27. The van der Waals surface area contributed by atoms with E-state index in [0.29, 0.717) is 12.5 Å². The third kappa shape index (κ3) is 1.78. The molecular weight excluding hydrogens is 154 g/mol. The molecule has 1 N–H and O–H groups in total. The molecule has 1 heterocycles. The van der Waals surface area contributed by atoms with E-state index in [1.807, 2.05) is 0 Å². The van der Waals surface area contributed by atoms with Crippen LogP contribution >= 0.6 is 0 Å². The van der Waals surface area contributed by atoms with Gasteiger partial charge in [0.05, 0.1) is 6.04 Å². The molecule has 1 aliphatic rings. The van der Waals surface area contributed by atoms with Crippen molar-refractivity contribution < 1.29 is 9.90 Å². The van der Waals surface area contributed by atoms with Gasteiger partial charge in [-0.05, 0) is 18.8 Å². The van der Waals surface area contributed by atoms with Gasteiger partial charge in [-0.3, -0.25) is 0 Å². The van der Waals surface area contributed by atoms with Gasteiger partial charge < -0.3 is 10.0 Å². The van der Waals surface area contributed by atoms with E-state index in [-0.39, 0.29) is 6.04 Å². The summed E-state index contributed by atoms with van der Waals surface area (Å²) in [4.78, 5) is 12.2. The highest BCUT2D eigenvalue weighted by Crippen LogP contribution is 2.22. The van der Waals surface area contributed by atoms with Crippen LogP contribution in [0.1, 0.15) is 19.8 Å². The number of carbonyl (C=O) groups is 1. The van der Waals surface area contributed by atoms with Crippen LogP contribution in [0.15, 0.2) is 12.7 Å². The lowest BCUT2D eigenvalue weighted by molar-refractivity contribution is 0.108. The second-order valence-corrected chi connectivity index (χ2v) is 3.41. The van der Waals surface area contributed by atoms with Crippen LogP contribution in [0.25, 0.3) is 0 Å². The summed E-state index contributed by atoms with van der Waals surface area (Å²) in [6.07, 6.45) is 2.78. The molecule has 1 rings (SSSR count). The van der Waals surface area contributed by atoms with Crippen LogP contribution in [0.2, 0.25) is 0 Å². The highest BCUT2D eigenvalue weighted by Gasteiger charge is 2.27. The number of nitrogens with zero attached hydrogens (tertiary/aromatic N) is 1. The molecule has 0 spiro atoms. The van der Waals surface area contributed by atoms with Gasteiger partial charge in [0.15, 0.2) is 0 Å². The van der Waals surface area contributed by atoms with Crippen molar-refractivity contribution in [3.63, 3.8) is 0 Å². The summed E-state index contributed by atoms with van der Waals surface area (Å²) >= 11 is 0. The lowest BCUT2D eigenvalue weighted by Crippen LogP contribution is -2.43. The predicted molar refractivity (Wildman–Crippen MR) is 47.1 cm³/mol. The van der Waals surface area contributed by atoms with Crippen LogP contribution in [0.4, 0.5) is 4.79 Å². The fourth-order valence-electron chi connectivity index (χ4n) is 1.64. The Balaban J connectivity index is 2.62. The average Bonchev–Trinajstić information content (AvgIpc) is 2.03. The fraction of sp³-hybridized carbons (Fsp3) is 0.667. The number of carboxylic acid groups (broad SMARTS) is 1. The smallest absolute Gasteiger partial charge is 0.407 e. The van der Waals surface area contributed by atoms with Crippen LogP contribution in [0.5, 0.6) is 0 Å². The van der Waals surface area contributed by atoms with Gasteiger partial charge in [-0.2, -0.15) is 0 Å². The van der Waals surface area contributed by atoms with E-state index in [2.05, 4.69) is 13.5 Å². The average molecular weight is 169 g/mol.